The zero-order valence-electron chi connectivity index (χ0n) is 63.4. The fraction of sp³-hybridized carbons (Fsp3) is 0.949. The summed E-state index contributed by atoms with van der Waals surface area (Å²) in [5, 5.41) is 10.6. The van der Waals surface area contributed by atoms with Crippen LogP contribution in [0.5, 0.6) is 0 Å². The van der Waals surface area contributed by atoms with Crippen molar-refractivity contribution in [3.8, 4) is 0 Å². The number of hydrogen-bond acceptors (Lipinski definition) is 15. The maximum Gasteiger partial charge on any atom is 0.472 e. The van der Waals surface area contributed by atoms with Crippen molar-refractivity contribution in [1.82, 2.24) is 0 Å². The number of ether oxygens (including phenoxy) is 4. The predicted octanol–water partition coefficient (Wildman–Crippen LogP) is 23.1. The van der Waals surface area contributed by atoms with E-state index in [4.69, 9.17) is 37.0 Å². The molecule has 0 saturated heterocycles. The molecule has 3 N–H and O–H groups in total. The summed E-state index contributed by atoms with van der Waals surface area (Å²) in [6.07, 6.45) is 58.5. The van der Waals surface area contributed by atoms with Gasteiger partial charge in [0.15, 0.2) is 12.2 Å². The molecule has 0 aliphatic heterocycles. The molecule has 0 aromatic carbocycles. The van der Waals surface area contributed by atoms with Crippen LogP contribution >= 0.6 is 15.6 Å². The van der Waals surface area contributed by atoms with Gasteiger partial charge < -0.3 is 33.8 Å². The summed E-state index contributed by atoms with van der Waals surface area (Å²) in [6.45, 7) is 9.52. The number of aliphatic hydroxyl groups excluding tert-OH is 1. The number of carbonyl (C=O) groups is 4. The van der Waals surface area contributed by atoms with Gasteiger partial charge >= 0.3 is 39.5 Å². The lowest BCUT2D eigenvalue weighted by Gasteiger charge is -2.21. The molecule has 6 atom stereocenters. The third-order valence-electron chi connectivity index (χ3n) is 18.6. The minimum absolute atomic E-state index is 0.104. The third-order valence-corrected chi connectivity index (χ3v) is 20.5. The molecular weight excluding hydrogens is 1270 g/mol. The molecule has 0 aliphatic rings. The van der Waals surface area contributed by atoms with Crippen LogP contribution in [-0.2, 0) is 65.4 Å². The van der Waals surface area contributed by atoms with Crippen molar-refractivity contribution in [2.75, 3.05) is 39.6 Å². The Labute approximate surface area is 594 Å². The van der Waals surface area contributed by atoms with E-state index in [1.165, 1.54) is 218 Å². The van der Waals surface area contributed by atoms with Crippen LogP contribution in [0.2, 0.25) is 0 Å². The van der Waals surface area contributed by atoms with Gasteiger partial charge in [-0.1, -0.05) is 356 Å². The second-order valence-corrected chi connectivity index (χ2v) is 31.7. The summed E-state index contributed by atoms with van der Waals surface area (Å²) < 4.78 is 68.6. The molecule has 0 rings (SSSR count). The zero-order valence-corrected chi connectivity index (χ0v) is 65.2. The van der Waals surface area contributed by atoms with Crippen molar-refractivity contribution < 1.29 is 80.2 Å². The number of hydrogen-bond donors (Lipinski definition) is 3. The lowest BCUT2D eigenvalue weighted by molar-refractivity contribution is -0.161. The molecule has 0 aromatic rings. The van der Waals surface area contributed by atoms with Gasteiger partial charge in [-0.2, -0.15) is 0 Å². The van der Waals surface area contributed by atoms with Crippen LogP contribution in [0.15, 0.2) is 0 Å². The van der Waals surface area contributed by atoms with Crippen molar-refractivity contribution in [1.29, 1.82) is 0 Å². The highest BCUT2D eigenvalue weighted by atomic mass is 31.2. The first kappa shape index (κ1) is 95.1. The number of phosphoric acid groups is 2. The Kier molecular flexibility index (Phi) is 68.4. The van der Waals surface area contributed by atoms with E-state index in [2.05, 4.69) is 41.5 Å². The van der Waals surface area contributed by atoms with E-state index in [-0.39, 0.29) is 25.7 Å². The average Bonchev–Trinajstić information content (AvgIpc) is 1.02. The second-order valence-electron chi connectivity index (χ2n) is 28.8. The Morgan fingerprint density at radius 3 is 0.784 bits per heavy atom. The molecule has 0 heterocycles. The normalized spacial score (nSPS) is 14.2. The summed E-state index contributed by atoms with van der Waals surface area (Å²) in [6, 6.07) is 0. The second kappa shape index (κ2) is 69.8. The molecule has 0 spiro atoms. The van der Waals surface area contributed by atoms with E-state index >= 15 is 0 Å². The predicted molar refractivity (Wildman–Crippen MR) is 395 cm³/mol. The van der Waals surface area contributed by atoms with Crippen LogP contribution in [0.25, 0.3) is 0 Å². The Hall–Kier alpha value is -1.94. The van der Waals surface area contributed by atoms with E-state index in [0.717, 1.165) is 102 Å². The SMILES string of the molecule is CCCCCCCCCCCCCCCCCCCCCCC(=O)O[C@H](COC(=O)CCCCCCCCCCCCCCCCCC)COP(=O)(O)OC[C@@H](O)COP(=O)(O)OC[C@@H](COC(=O)CCCCCCCCC(C)C)OC(=O)CCCCCCCCCCC(C)CC. The highest BCUT2D eigenvalue weighted by Crippen LogP contribution is 2.45. The largest absolute Gasteiger partial charge is 0.472 e. The van der Waals surface area contributed by atoms with E-state index in [1.807, 2.05) is 0 Å². The number of carbonyl (C=O) groups excluding carboxylic acids is 4. The summed E-state index contributed by atoms with van der Waals surface area (Å²) in [4.78, 5) is 72.8. The van der Waals surface area contributed by atoms with Crippen molar-refractivity contribution in [3.05, 3.63) is 0 Å². The third kappa shape index (κ3) is 70.9. The number of rotatable bonds is 77. The highest BCUT2D eigenvalue weighted by Gasteiger charge is 2.30. The lowest BCUT2D eigenvalue weighted by atomic mass is 9.99. The molecule has 19 heteroatoms. The van der Waals surface area contributed by atoms with Crippen molar-refractivity contribution in [3.63, 3.8) is 0 Å². The van der Waals surface area contributed by atoms with Crippen molar-refractivity contribution >= 4 is 39.5 Å². The molecule has 97 heavy (non-hydrogen) atoms. The molecule has 3 unspecified atom stereocenters. The van der Waals surface area contributed by atoms with Gasteiger partial charge in [-0.05, 0) is 37.5 Å². The van der Waals surface area contributed by atoms with Gasteiger partial charge in [-0.15, -0.1) is 0 Å². The van der Waals surface area contributed by atoms with Crippen LogP contribution in [-0.4, -0.2) is 96.7 Å². The lowest BCUT2D eigenvalue weighted by Crippen LogP contribution is -2.30. The fourth-order valence-electron chi connectivity index (χ4n) is 12.0. The monoisotopic (exact) mass is 1420 g/mol. The van der Waals surface area contributed by atoms with E-state index in [0.29, 0.717) is 31.6 Å². The molecule has 0 radical (unpaired) electrons. The van der Waals surface area contributed by atoms with E-state index in [1.54, 1.807) is 0 Å². The topological polar surface area (TPSA) is 237 Å². The first-order chi connectivity index (χ1) is 46.9. The molecule has 0 saturated carbocycles. The van der Waals surface area contributed by atoms with Gasteiger partial charge in [0.1, 0.15) is 19.3 Å². The molecule has 576 valence electrons. The summed E-state index contributed by atoms with van der Waals surface area (Å²) in [5.74, 6) is -0.668. The van der Waals surface area contributed by atoms with E-state index < -0.39 is 97.5 Å². The van der Waals surface area contributed by atoms with Gasteiger partial charge in [-0.3, -0.25) is 37.3 Å². The number of unbranched alkanes of at least 4 members (excludes halogenated alkanes) is 46. The molecule has 0 aliphatic carbocycles. The van der Waals surface area contributed by atoms with Gasteiger partial charge in [0, 0.05) is 25.7 Å². The Balaban J connectivity index is 5.21. The van der Waals surface area contributed by atoms with Crippen LogP contribution in [0.1, 0.15) is 408 Å². The Bertz CT molecular complexity index is 1870. The maximum atomic E-state index is 13.1. The molecule has 0 fully saturated rings. The van der Waals surface area contributed by atoms with Crippen molar-refractivity contribution in [2.24, 2.45) is 11.8 Å². The summed E-state index contributed by atoms with van der Waals surface area (Å²) >= 11 is 0. The van der Waals surface area contributed by atoms with Crippen molar-refractivity contribution in [2.45, 2.75) is 426 Å². The van der Waals surface area contributed by atoms with Crippen LogP contribution in [0, 0.1) is 11.8 Å². The number of phosphoric ester groups is 2. The maximum absolute atomic E-state index is 13.1. The fourth-order valence-corrected chi connectivity index (χ4v) is 13.6. The molecule has 0 amide bonds. The molecule has 17 nitrogen and oxygen atoms in total. The van der Waals surface area contributed by atoms with Crippen LogP contribution < -0.4 is 0 Å². The van der Waals surface area contributed by atoms with Gasteiger partial charge in [0.2, 0.25) is 0 Å². The standard InChI is InChI=1S/C78H152O17P2/c1-7-10-12-14-16-18-20-22-24-26-27-28-29-31-33-35-37-42-50-56-62-77(82)94-73(66-88-75(80)60-54-48-41-36-34-32-30-25-23-21-19-17-15-13-11-8-2)68-92-96(84,85)90-64-72(79)65-91-97(86,87)93-69-74(67-89-76(81)61-55-49-45-44-46-52-58-70(4)5)95-78(83)63-57-51-43-39-38-40-47-53-59-71(6)9-3/h70-74,79H,7-69H2,1-6H3,(H,84,85)(H,86,87)/t71?,72-,73-,74-/m1/s1. The first-order valence-electron chi connectivity index (χ1n) is 40.5. The minimum Gasteiger partial charge on any atom is -0.462 e. The Morgan fingerprint density at radius 1 is 0.299 bits per heavy atom. The zero-order chi connectivity index (χ0) is 71.4. The Morgan fingerprint density at radius 2 is 0.526 bits per heavy atom. The highest BCUT2D eigenvalue weighted by molar-refractivity contribution is 7.47. The smallest absolute Gasteiger partial charge is 0.462 e. The molecule has 0 bridgehead atoms. The summed E-state index contributed by atoms with van der Waals surface area (Å²) in [5.41, 5.74) is 0. The minimum atomic E-state index is -4.96. The van der Waals surface area contributed by atoms with Crippen LogP contribution in [0.4, 0.5) is 0 Å². The van der Waals surface area contributed by atoms with Gasteiger partial charge in [-0.25, -0.2) is 9.13 Å². The van der Waals surface area contributed by atoms with Gasteiger partial charge in [0.25, 0.3) is 0 Å². The number of aliphatic hydroxyl groups is 1. The molecular formula is C78H152O17P2. The molecule has 0 aromatic heterocycles. The average molecular weight is 1420 g/mol. The van der Waals surface area contributed by atoms with E-state index in [9.17, 15) is 43.2 Å². The summed E-state index contributed by atoms with van der Waals surface area (Å²) in [7, 11) is -9.91. The van der Waals surface area contributed by atoms with Gasteiger partial charge in [0.05, 0.1) is 26.4 Å². The number of esters is 4. The first-order valence-corrected chi connectivity index (χ1v) is 43.5. The quantitative estimate of drug-likeness (QED) is 0.0222. The van der Waals surface area contributed by atoms with Crippen LogP contribution in [0.3, 0.4) is 0 Å².